The summed E-state index contributed by atoms with van der Waals surface area (Å²) in [6.07, 6.45) is 6.49. The highest BCUT2D eigenvalue weighted by Gasteiger charge is 2.16. The van der Waals surface area contributed by atoms with Crippen molar-refractivity contribution in [3.63, 3.8) is 0 Å². The lowest BCUT2D eigenvalue weighted by Gasteiger charge is -2.22. The molecule has 1 atom stereocenters. The van der Waals surface area contributed by atoms with Crippen molar-refractivity contribution in [1.29, 1.82) is 0 Å². The van der Waals surface area contributed by atoms with Crippen molar-refractivity contribution in [3.05, 3.63) is 29.1 Å². The van der Waals surface area contributed by atoms with Gasteiger partial charge in [-0.25, -0.2) is 0 Å². The summed E-state index contributed by atoms with van der Waals surface area (Å²) in [5, 5.41) is 0. The van der Waals surface area contributed by atoms with Crippen LogP contribution in [0, 0.1) is 0 Å². The molecule has 1 aliphatic carbocycles. The number of hydrogen-bond donors (Lipinski definition) is 1. The van der Waals surface area contributed by atoms with Gasteiger partial charge in [0.25, 0.3) is 0 Å². The van der Waals surface area contributed by atoms with E-state index in [4.69, 9.17) is 5.73 Å². The Morgan fingerprint density at radius 2 is 2.46 bits per heavy atom. The fourth-order valence-corrected chi connectivity index (χ4v) is 1.96. The number of nitrogens with zero attached hydrogens (tertiary/aromatic N) is 1. The van der Waals surface area contributed by atoms with Gasteiger partial charge >= 0.3 is 0 Å². The van der Waals surface area contributed by atoms with E-state index in [1.54, 1.807) is 0 Å². The fraction of sp³-hybridized carbons (Fsp3) is 0.545. The van der Waals surface area contributed by atoms with Crippen LogP contribution in [0.4, 0.5) is 0 Å². The molecule has 1 heterocycles. The molecule has 0 aliphatic heterocycles. The van der Waals surface area contributed by atoms with E-state index in [1.165, 1.54) is 17.5 Å². The molecule has 2 heteroatoms. The summed E-state index contributed by atoms with van der Waals surface area (Å²) in [5.41, 5.74) is 9.89. The molecule has 2 N–H and O–H groups in total. The molecule has 1 aromatic rings. The maximum Gasteiger partial charge on any atom is 0.0404 e. The number of pyridine rings is 1. The van der Waals surface area contributed by atoms with Crippen molar-refractivity contribution in [3.8, 4) is 0 Å². The van der Waals surface area contributed by atoms with Gasteiger partial charge in [-0.1, -0.05) is 6.92 Å². The van der Waals surface area contributed by atoms with Crippen LogP contribution >= 0.6 is 0 Å². The summed E-state index contributed by atoms with van der Waals surface area (Å²) in [7, 11) is 0. The summed E-state index contributed by atoms with van der Waals surface area (Å²) >= 11 is 0. The van der Waals surface area contributed by atoms with Gasteiger partial charge in [-0.3, -0.25) is 4.98 Å². The molecular formula is C11H16N2. The fourth-order valence-electron chi connectivity index (χ4n) is 1.96. The average Bonchev–Trinajstić information content (AvgIpc) is 2.18. The average molecular weight is 176 g/mol. The van der Waals surface area contributed by atoms with Crippen LogP contribution in [0.25, 0.3) is 0 Å². The van der Waals surface area contributed by atoms with E-state index in [0.717, 1.165) is 25.0 Å². The maximum atomic E-state index is 6.04. The van der Waals surface area contributed by atoms with Crippen molar-refractivity contribution >= 4 is 0 Å². The second kappa shape index (κ2) is 3.46. The summed E-state index contributed by atoms with van der Waals surface area (Å²) in [4.78, 5) is 4.39. The SMILES string of the molecule is CCc1cc2c(cn1)CCCC2N. The van der Waals surface area contributed by atoms with Crippen LogP contribution < -0.4 is 5.73 Å². The second-order valence-corrected chi connectivity index (χ2v) is 3.73. The zero-order valence-corrected chi connectivity index (χ0v) is 8.09. The van der Waals surface area contributed by atoms with Gasteiger partial charge in [0.2, 0.25) is 0 Å². The minimum Gasteiger partial charge on any atom is -0.324 e. The van der Waals surface area contributed by atoms with Crippen LogP contribution in [0.3, 0.4) is 0 Å². The highest BCUT2D eigenvalue weighted by atomic mass is 14.7. The third kappa shape index (κ3) is 1.59. The third-order valence-corrected chi connectivity index (χ3v) is 2.80. The normalized spacial score (nSPS) is 21.2. The quantitative estimate of drug-likeness (QED) is 0.710. The molecular weight excluding hydrogens is 160 g/mol. The molecule has 0 bridgehead atoms. The Bertz CT molecular complexity index is 307. The minimum atomic E-state index is 0.247. The molecule has 1 unspecified atom stereocenters. The number of rotatable bonds is 1. The van der Waals surface area contributed by atoms with Crippen LogP contribution in [0.5, 0.6) is 0 Å². The Morgan fingerprint density at radius 1 is 1.62 bits per heavy atom. The monoisotopic (exact) mass is 176 g/mol. The molecule has 13 heavy (non-hydrogen) atoms. The van der Waals surface area contributed by atoms with E-state index in [-0.39, 0.29) is 6.04 Å². The second-order valence-electron chi connectivity index (χ2n) is 3.73. The van der Waals surface area contributed by atoms with E-state index in [0.29, 0.717) is 0 Å². The topological polar surface area (TPSA) is 38.9 Å². The molecule has 0 aromatic carbocycles. The maximum absolute atomic E-state index is 6.04. The molecule has 70 valence electrons. The summed E-state index contributed by atoms with van der Waals surface area (Å²) in [6, 6.07) is 2.43. The van der Waals surface area contributed by atoms with Gasteiger partial charge in [0.05, 0.1) is 0 Å². The number of fused-ring (bicyclic) bond motifs is 1. The predicted molar refractivity (Wildman–Crippen MR) is 53.5 cm³/mol. The van der Waals surface area contributed by atoms with Crippen molar-refractivity contribution in [2.45, 2.75) is 38.6 Å². The summed E-state index contributed by atoms with van der Waals surface area (Å²) in [5.74, 6) is 0. The van der Waals surface area contributed by atoms with Gasteiger partial charge in [0, 0.05) is 17.9 Å². The Morgan fingerprint density at radius 3 is 3.23 bits per heavy atom. The smallest absolute Gasteiger partial charge is 0.0404 e. The minimum absolute atomic E-state index is 0.247. The third-order valence-electron chi connectivity index (χ3n) is 2.80. The van der Waals surface area contributed by atoms with E-state index >= 15 is 0 Å². The Labute approximate surface area is 79.2 Å². The standard InChI is InChI=1S/C11H16N2/c1-2-9-6-10-8(7-13-9)4-3-5-11(10)12/h6-7,11H,2-5,12H2,1H3. The molecule has 1 aromatic heterocycles. The van der Waals surface area contributed by atoms with Gasteiger partial charge in [0.1, 0.15) is 0 Å². The molecule has 0 radical (unpaired) electrons. The number of aromatic nitrogens is 1. The summed E-state index contributed by atoms with van der Waals surface area (Å²) < 4.78 is 0. The van der Waals surface area contributed by atoms with Gasteiger partial charge < -0.3 is 5.73 Å². The molecule has 2 rings (SSSR count). The molecule has 0 spiro atoms. The molecule has 0 amide bonds. The molecule has 0 saturated carbocycles. The van der Waals surface area contributed by atoms with E-state index in [1.807, 2.05) is 6.20 Å². The Kier molecular flexibility index (Phi) is 2.32. The van der Waals surface area contributed by atoms with Crippen LogP contribution in [0.2, 0.25) is 0 Å². The van der Waals surface area contributed by atoms with Gasteiger partial charge in [-0.05, 0) is 42.9 Å². The lowest BCUT2D eigenvalue weighted by molar-refractivity contribution is 0.567. The van der Waals surface area contributed by atoms with E-state index < -0.39 is 0 Å². The Hall–Kier alpha value is -0.890. The van der Waals surface area contributed by atoms with Crippen molar-refractivity contribution < 1.29 is 0 Å². The zero-order valence-electron chi connectivity index (χ0n) is 8.09. The molecule has 2 nitrogen and oxygen atoms in total. The van der Waals surface area contributed by atoms with Crippen molar-refractivity contribution in [2.24, 2.45) is 5.73 Å². The lowest BCUT2D eigenvalue weighted by Crippen LogP contribution is -2.18. The van der Waals surface area contributed by atoms with Crippen LogP contribution in [-0.4, -0.2) is 4.98 Å². The molecule has 0 fully saturated rings. The largest absolute Gasteiger partial charge is 0.324 e. The van der Waals surface area contributed by atoms with Crippen molar-refractivity contribution in [1.82, 2.24) is 4.98 Å². The van der Waals surface area contributed by atoms with Gasteiger partial charge in [0.15, 0.2) is 0 Å². The first-order valence-corrected chi connectivity index (χ1v) is 5.04. The Balaban J connectivity index is 2.41. The van der Waals surface area contributed by atoms with Crippen LogP contribution in [0.15, 0.2) is 12.3 Å². The predicted octanol–water partition coefficient (Wildman–Crippen LogP) is 1.98. The molecule has 1 aliphatic rings. The van der Waals surface area contributed by atoms with E-state index in [9.17, 15) is 0 Å². The lowest BCUT2D eigenvalue weighted by atomic mass is 9.89. The number of aryl methyl sites for hydroxylation is 2. The number of hydrogen-bond acceptors (Lipinski definition) is 2. The zero-order chi connectivity index (χ0) is 9.26. The molecule has 0 saturated heterocycles. The highest BCUT2D eigenvalue weighted by Crippen LogP contribution is 2.27. The first-order chi connectivity index (χ1) is 6.31. The highest BCUT2D eigenvalue weighted by molar-refractivity contribution is 5.31. The first-order valence-electron chi connectivity index (χ1n) is 5.04. The van der Waals surface area contributed by atoms with Crippen LogP contribution in [-0.2, 0) is 12.8 Å². The van der Waals surface area contributed by atoms with E-state index in [2.05, 4.69) is 18.0 Å². The van der Waals surface area contributed by atoms with Crippen molar-refractivity contribution in [2.75, 3.05) is 0 Å². The summed E-state index contributed by atoms with van der Waals surface area (Å²) in [6.45, 7) is 2.13. The first kappa shape index (κ1) is 8.70. The number of nitrogens with two attached hydrogens (primary N) is 1. The van der Waals surface area contributed by atoms with Gasteiger partial charge in [-0.15, -0.1) is 0 Å². The van der Waals surface area contributed by atoms with Gasteiger partial charge in [-0.2, -0.15) is 0 Å². The van der Waals surface area contributed by atoms with Crippen LogP contribution in [0.1, 0.15) is 42.6 Å².